The molecule has 1 unspecified atom stereocenters. The highest BCUT2D eigenvalue weighted by Gasteiger charge is 2.18. The number of fused-ring (bicyclic) bond motifs is 1. The highest BCUT2D eigenvalue weighted by molar-refractivity contribution is 5.44. The van der Waals surface area contributed by atoms with E-state index in [-0.39, 0.29) is 0 Å². The van der Waals surface area contributed by atoms with Crippen LogP contribution < -0.4 is 14.8 Å². The molecule has 1 aliphatic heterocycles. The van der Waals surface area contributed by atoms with Crippen molar-refractivity contribution in [3.05, 3.63) is 23.8 Å². The molecule has 0 saturated carbocycles. The van der Waals surface area contributed by atoms with Crippen LogP contribution in [0.15, 0.2) is 18.2 Å². The van der Waals surface area contributed by atoms with Crippen molar-refractivity contribution in [1.82, 2.24) is 10.2 Å². The first-order valence-electron chi connectivity index (χ1n) is 7.45. The normalized spacial score (nSPS) is 15.7. The quantitative estimate of drug-likeness (QED) is 0.866. The zero-order valence-electron chi connectivity index (χ0n) is 13.0. The standard InChI is InChI=1S/C16H26N2O2/c1-5-17-14(11-18(4)12(2)3)13-6-7-15-16(10-13)20-9-8-19-15/h6-7,10,12,14,17H,5,8-9,11H2,1-4H3. The summed E-state index contributed by atoms with van der Waals surface area (Å²) < 4.78 is 11.3. The van der Waals surface area contributed by atoms with Gasteiger partial charge in [0.25, 0.3) is 0 Å². The molecular formula is C16H26N2O2. The second-order valence-electron chi connectivity index (χ2n) is 5.55. The molecule has 4 heteroatoms. The summed E-state index contributed by atoms with van der Waals surface area (Å²) in [7, 11) is 2.16. The minimum atomic E-state index is 0.309. The molecule has 20 heavy (non-hydrogen) atoms. The largest absolute Gasteiger partial charge is 0.486 e. The van der Waals surface area contributed by atoms with E-state index >= 15 is 0 Å². The first kappa shape index (κ1) is 15.1. The fourth-order valence-electron chi connectivity index (χ4n) is 2.31. The van der Waals surface area contributed by atoms with Gasteiger partial charge in [0, 0.05) is 18.6 Å². The second kappa shape index (κ2) is 6.95. The first-order valence-corrected chi connectivity index (χ1v) is 7.45. The van der Waals surface area contributed by atoms with E-state index < -0.39 is 0 Å². The lowest BCUT2D eigenvalue weighted by Gasteiger charge is -2.28. The van der Waals surface area contributed by atoms with Crippen LogP contribution in [-0.2, 0) is 0 Å². The van der Waals surface area contributed by atoms with Gasteiger partial charge < -0.3 is 19.7 Å². The Morgan fingerprint density at radius 2 is 1.90 bits per heavy atom. The topological polar surface area (TPSA) is 33.7 Å². The van der Waals surface area contributed by atoms with Crippen LogP contribution in [0, 0.1) is 0 Å². The van der Waals surface area contributed by atoms with Crippen molar-refractivity contribution in [3.63, 3.8) is 0 Å². The van der Waals surface area contributed by atoms with Gasteiger partial charge in [0.1, 0.15) is 13.2 Å². The molecule has 0 saturated heterocycles. The van der Waals surface area contributed by atoms with Gasteiger partial charge in [-0.25, -0.2) is 0 Å². The monoisotopic (exact) mass is 278 g/mol. The van der Waals surface area contributed by atoms with Gasteiger partial charge in [0.15, 0.2) is 11.5 Å². The molecule has 0 amide bonds. The zero-order chi connectivity index (χ0) is 14.5. The SMILES string of the molecule is CCNC(CN(C)C(C)C)c1ccc2c(c1)OCCO2. The molecule has 1 aliphatic rings. The first-order chi connectivity index (χ1) is 9.61. The summed E-state index contributed by atoms with van der Waals surface area (Å²) in [5, 5.41) is 3.55. The van der Waals surface area contributed by atoms with Crippen LogP contribution in [0.25, 0.3) is 0 Å². The van der Waals surface area contributed by atoms with Crippen LogP contribution in [0.3, 0.4) is 0 Å². The summed E-state index contributed by atoms with van der Waals surface area (Å²) >= 11 is 0. The van der Waals surface area contributed by atoms with Crippen LogP contribution in [0.1, 0.15) is 32.4 Å². The van der Waals surface area contributed by atoms with Crippen molar-refractivity contribution in [1.29, 1.82) is 0 Å². The molecule has 0 fully saturated rings. The summed E-state index contributed by atoms with van der Waals surface area (Å²) in [5.41, 5.74) is 1.25. The third kappa shape index (κ3) is 3.64. The van der Waals surface area contributed by atoms with Crippen LogP contribution >= 0.6 is 0 Å². The molecule has 0 spiro atoms. The third-order valence-corrected chi connectivity index (χ3v) is 3.77. The van der Waals surface area contributed by atoms with Gasteiger partial charge in [-0.05, 0) is 45.1 Å². The van der Waals surface area contributed by atoms with Crippen LogP contribution in [0.4, 0.5) is 0 Å². The van der Waals surface area contributed by atoms with Crippen LogP contribution in [-0.4, -0.2) is 44.3 Å². The Hall–Kier alpha value is -1.26. The molecule has 4 nitrogen and oxygen atoms in total. The Morgan fingerprint density at radius 1 is 1.20 bits per heavy atom. The van der Waals surface area contributed by atoms with E-state index in [2.05, 4.69) is 50.2 Å². The number of likely N-dealkylation sites (N-methyl/N-ethyl adjacent to an activating group) is 2. The van der Waals surface area contributed by atoms with Crippen molar-refractivity contribution in [3.8, 4) is 11.5 Å². The predicted octanol–water partition coefficient (Wildman–Crippen LogP) is 2.45. The lowest BCUT2D eigenvalue weighted by Crippen LogP contribution is -2.36. The summed E-state index contributed by atoms with van der Waals surface area (Å²) in [6.07, 6.45) is 0. The molecule has 0 aliphatic carbocycles. The molecule has 1 heterocycles. The van der Waals surface area contributed by atoms with Gasteiger partial charge in [0.05, 0.1) is 0 Å². The van der Waals surface area contributed by atoms with Crippen molar-refractivity contribution in [2.45, 2.75) is 32.9 Å². The third-order valence-electron chi connectivity index (χ3n) is 3.77. The number of hydrogen-bond donors (Lipinski definition) is 1. The molecule has 0 aromatic heterocycles. The maximum absolute atomic E-state index is 5.68. The van der Waals surface area contributed by atoms with Gasteiger partial charge in [-0.2, -0.15) is 0 Å². The summed E-state index contributed by atoms with van der Waals surface area (Å²) in [5.74, 6) is 1.72. The number of benzene rings is 1. The fraction of sp³-hybridized carbons (Fsp3) is 0.625. The molecule has 0 bridgehead atoms. The lowest BCUT2D eigenvalue weighted by molar-refractivity contribution is 0.171. The van der Waals surface area contributed by atoms with E-state index in [9.17, 15) is 0 Å². The molecule has 1 N–H and O–H groups in total. The Balaban J connectivity index is 2.16. The van der Waals surface area contributed by atoms with E-state index in [1.54, 1.807) is 0 Å². The van der Waals surface area contributed by atoms with Gasteiger partial charge in [-0.15, -0.1) is 0 Å². The Morgan fingerprint density at radius 3 is 2.55 bits per heavy atom. The molecule has 1 atom stereocenters. The molecule has 2 rings (SSSR count). The Bertz CT molecular complexity index is 434. The van der Waals surface area contributed by atoms with Crippen LogP contribution in [0.2, 0.25) is 0 Å². The average molecular weight is 278 g/mol. The number of rotatable bonds is 6. The summed E-state index contributed by atoms with van der Waals surface area (Å²) in [4.78, 5) is 2.35. The highest BCUT2D eigenvalue weighted by atomic mass is 16.6. The molecule has 112 valence electrons. The summed E-state index contributed by atoms with van der Waals surface area (Å²) in [6, 6.07) is 7.10. The van der Waals surface area contributed by atoms with E-state index in [1.807, 2.05) is 6.07 Å². The fourth-order valence-corrected chi connectivity index (χ4v) is 2.31. The van der Waals surface area contributed by atoms with Gasteiger partial charge in [-0.3, -0.25) is 0 Å². The maximum Gasteiger partial charge on any atom is 0.161 e. The van der Waals surface area contributed by atoms with Crippen molar-refractivity contribution >= 4 is 0 Å². The number of nitrogens with one attached hydrogen (secondary N) is 1. The highest BCUT2D eigenvalue weighted by Crippen LogP contribution is 2.32. The van der Waals surface area contributed by atoms with E-state index in [1.165, 1.54) is 5.56 Å². The minimum absolute atomic E-state index is 0.309. The van der Waals surface area contributed by atoms with Gasteiger partial charge >= 0.3 is 0 Å². The number of hydrogen-bond acceptors (Lipinski definition) is 4. The zero-order valence-corrected chi connectivity index (χ0v) is 13.0. The van der Waals surface area contributed by atoms with Gasteiger partial charge in [-0.1, -0.05) is 13.0 Å². The van der Waals surface area contributed by atoms with E-state index in [0.717, 1.165) is 24.6 Å². The van der Waals surface area contributed by atoms with E-state index in [0.29, 0.717) is 25.3 Å². The molecular weight excluding hydrogens is 252 g/mol. The molecule has 0 radical (unpaired) electrons. The molecule has 1 aromatic carbocycles. The van der Waals surface area contributed by atoms with Crippen molar-refractivity contribution in [2.24, 2.45) is 0 Å². The Kier molecular flexibility index (Phi) is 5.26. The minimum Gasteiger partial charge on any atom is -0.486 e. The van der Waals surface area contributed by atoms with Gasteiger partial charge in [0.2, 0.25) is 0 Å². The van der Waals surface area contributed by atoms with Crippen molar-refractivity contribution in [2.75, 3.05) is 33.4 Å². The lowest BCUT2D eigenvalue weighted by atomic mass is 10.0. The van der Waals surface area contributed by atoms with Crippen molar-refractivity contribution < 1.29 is 9.47 Å². The maximum atomic E-state index is 5.68. The predicted molar refractivity (Wildman–Crippen MR) is 81.6 cm³/mol. The smallest absolute Gasteiger partial charge is 0.161 e. The number of nitrogens with zero attached hydrogens (tertiary/aromatic N) is 1. The second-order valence-corrected chi connectivity index (χ2v) is 5.55. The number of ether oxygens (including phenoxy) is 2. The Labute approximate surface area is 122 Å². The van der Waals surface area contributed by atoms with Crippen LogP contribution in [0.5, 0.6) is 11.5 Å². The average Bonchev–Trinajstić information content (AvgIpc) is 2.46. The summed E-state index contributed by atoms with van der Waals surface area (Å²) in [6.45, 7) is 9.77. The van der Waals surface area contributed by atoms with E-state index in [4.69, 9.17) is 9.47 Å². The molecule has 1 aromatic rings.